The molecule has 1 unspecified atom stereocenters. The van der Waals surface area contributed by atoms with Crippen molar-refractivity contribution >= 4 is 29.9 Å². The summed E-state index contributed by atoms with van der Waals surface area (Å²) in [5.74, 6) is 0. The van der Waals surface area contributed by atoms with Gasteiger partial charge in [-0.05, 0) is 63.2 Å². The van der Waals surface area contributed by atoms with E-state index >= 15 is 0 Å². The minimum absolute atomic E-state index is 0.0205. The molecule has 6 heteroatoms. The van der Waals surface area contributed by atoms with Crippen LogP contribution >= 0.6 is 11.6 Å². The summed E-state index contributed by atoms with van der Waals surface area (Å²) in [4.78, 5) is 22.5. The quantitative estimate of drug-likeness (QED) is 0.273. The zero-order chi connectivity index (χ0) is 22.9. The van der Waals surface area contributed by atoms with Gasteiger partial charge in [0.2, 0.25) is 0 Å². The van der Waals surface area contributed by atoms with E-state index in [2.05, 4.69) is 22.3 Å². The highest BCUT2D eigenvalue weighted by Crippen LogP contribution is 2.13. The summed E-state index contributed by atoms with van der Waals surface area (Å²) in [6.45, 7) is 1.49. The number of carbonyl (C=O) groups is 2. The van der Waals surface area contributed by atoms with Crippen molar-refractivity contribution in [2.75, 3.05) is 27.2 Å². The molecule has 0 fully saturated rings. The van der Waals surface area contributed by atoms with E-state index in [1.165, 1.54) is 5.56 Å². The van der Waals surface area contributed by atoms with Crippen LogP contribution in [0.4, 0.5) is 0 Å². The second-order valence-electron chi connectivity index (χ2n) is 7.33. The first kappa shape index (κ1) is 26.7. The third kappa shape index (κ3) is 11.0. The highest BCUT2D eigenvalue weighted by Gasteiger charge is 2.20. The lowest BCUT2D eigenvalue weighted by Crippen LogP contribution is -2.45. The number of nitrogens with one attached hydrogen (secondary N) is 2. The van der Waals surface area contributed by atoms with Crippen LogP contribution in [-0.4, -0.2) is 56.4 Å². The Kier molecular flexibility index (Phi) is 14.1. The Balaban J connectivity index is 0.000000367. The van der Waals surface area contributed by atoms with E-state index in [1.54, 1.807) is 12.1 Å². The van der Waals surface area contributed by atoms with Crippen molar-refractivity contribution < 1.29 is 9.59 Å². The number of rotatable bonds is 13. The molecule has 1 atom stereocenters. The summed E-state index contributed by atoms with van der Waals surface area (Å²) < 4.78 is 0. The molecule has 0 saturated carbocycles. The molecule has 2 aromatic rings. The van der Waals surface area contributed by atoms with E-state index in [4.69, 9.17) is 17.0 Å². The number of unbranched alkanes of at least 4 members (excludes halogenated alkanes) is 2. The first-order valence-corrected chi connectivity index (χ1v) is 11.0. The molecule has 2 N–H and O–H groups in total. The molecule has 5 nitrogen and oxygen atoms in total. The predicted molar refractivity (Wildman–Crippen MR) is 129 cm³/mol. The summed E-state index contributed by atoms with van der Waals surface area (Å²) in [5, 5.41) is 12.2. The van der Waals surface area contributed by atoms with Crippen molar-refractivity contribution in [3.8, 4) is 0 Å². The lowest BCUT2D eigenvalue weighted by molar-refractivity contribution is -0.108. The summed E-state index contributed by atoms with van der Waals surface area (Å²) in [6.07, 6.45) is 5.94. The van der Waals surface area contributed by atoms with Gasteiger partial charge in [0, 0.05) is 24.4 Å². The van der Waals surface area contributed by atoms with Crippen molar-refractivity contribution in [1.82, 2.24) is 10.2 Å². The maximum atomic E-state index is 10.4. The lowest BCUT2D eigenvalue weighted by Gasteiger charge is -2.28. The van der Waals surface area contributed by atoms with Crippen LogP contribution in [0.5, 0.6) is 0 Å². The average Bonchev–Trinajstić information content (AvgIpc) is 2.79. The fourth-order valence-corrected chi connectivity index (χ4v) is 3.23. The molecule has 0 radical (unpaired) electrons. The van der Waals surface area contributed by atoms with Gasteiger partial charge in [-0.25, -0.2) is 0 Å². The molecular formula is C25H34ClN3O2. The van der Waals surface area contributed by atoms with Gasteiger partial charge >= 0.3 is 0 Å². The van der Waals surface area contributed by atoms with E-state index < -0.39 is 0 Å². The molecule has 0 aromatic heterocycles. The maximum absolute atomic E-state index is 10.4. The highest BCUT2D eigenvalue weighted by molar-refractivity contribution is 6.30. The van der Waals surface area contributed by atoms with Crippen LogP contribution < -0.4 is 5.32 Å². The van der Waals surface area contributed by atoms with Gasteiger partial charge in [0.15, 0.2) is 0 Å². The Hall–Kier alpha value is -2.34. The standard InChI is InChI=1S/C15H22ClN3O.C10H12O/c1-18-11-14(19(2)9-3-4-10-20)15(17)12-5-7-13(16)8-6-12;11-9-5-4-8-10-6-2-1-3-7-10/h5-8,10,14,17-18H,3-4,9,11H2,1-2H3;1-3,6-7,9H,4-5,8H2. The Morgan fingerprint density at radius 3 is 2.23 bits per heavy atom. The Bertz CT molecular complexity index is 766. The molecule has 0 aliphatic rings. The molecule has 168 valence electrons. The first-order chi connectivity index (χ1) is 15.0. The number of hydrogen-bond donors (Lipinski definition) is 2. The van der Waals surface area contributed by atoms with Gasteiger partial charge in [-0.3, -0.25) is 4.90 Å². The first-order valence-electron chi connectivity index (χ1n) is 10.6. The fraction of sp³-hybridized carbons (Fsp3) is 0.400. The smallest absolute Gasteiger partial charge is 0.120 e. The van der Waals surface area contributed by atoms with Crippen LogP contribution in [0, 0.1) is 5.41 Å². The van der Waals surface area contributed by atoms with Crippen LogP contribution in [0.15, 0.2) is 54.6 Å². The number of hydrogen-bond acceptors (Lipinski definition) is 5. The third-order valence-corrected chi connectivity index (χ3v) is 5.13. The second-order valence-corrected chi connectivity index (χ2v) is 7.76. The van der Waals surface area contributed by atoms with Gasteiger partial charge in [-0.1, -0.05) is 54.1 Å². The lowest BCUT2D eigenvalue weighted by atomic mass is 10.0. The monoisotopic (exact) mass is 443 g/mol. The normalized spacial score (nSPS) is 11.4. The number of carbonyl (C=O) groups excluding carboxylic acids is 2. The summed E-state index contributed by atoms with van der Waals surface area (Å²) in [6, 6.07) is 17.5. The van der Waals surface area contributed by atoms with Gasteiger partial charge < -0.3 is 20.3 Å². The number of likely N-dealkylation sites (N-methyl/N-ethyl adjacent to an activating group) is 2. The van der Waals surface area contributed by atoms with Crippen molar-refractivity contribution in [2.24, 2.45) is 0 Å². The summed E-state index contributed by atoms with van der Waals surface area (Å²) in [7, 11) is 3.86. The molecule has 2 aromatic carbocycles. The summed E-state index contributed by atoms with van der Waals surface area (Å²) >= 11 is 5.88. The second kappa shape index (κ2) is 16.4. The van der Waals surface area contributed by atoms with Crippen molar-refractivity contribution in [3.63, 3.8) is 0 Å². The van der Waals surface area contributed by atoms with Crippen molar-refractivity contribution in [3.05, 3.63) is 70.7 Å². The molecule has 2 rings (SSSR count). The zero-order valence-corrected chi connectivity index (χ0v) is 19.3. The topological polar surface area (TPSA) is 73.3 Å². The number of benzene rings is 2. The third-order valence-electron chi connectivity index (χ3n) is 4.88. The number of nitrogens with zero attached hydrogens (tertiary/aromatic N) is 1. The molecule has 31 heavy (non-hydrogen) atoms. The minimum Gasteiger partial charge on any atom is -0.318 e. The van der Waals surface area contributed by atoms with Crippen LogP contribution in [-0.2, 0) is 16.0 Å². The van der Waals surface area contributed by atoms with Crippen LogP contribution in [0.25, 0.3) is 0 Å². The number of aryl methyl sites for hydroxylation is 1. The highest BCUT2D eigenvalue weighted by atomic mass is 35.5. The van der Waals surface area contributed by atoms with E-state index in [0.29, 0.717) is 30.1 Å². The van der Waals surface area contributed by atoms with Crippen LogP contribution in [0.3, 0.4) is 0 Å². The summed E-state index contributed by atoms with van der Waals surface area (Å²) in [5.41, 5.74) is 2.75. The minimum atomic E-state index is -0.0205. The average molecular weight is 444 g/mol. The largest absolute Gasteiger partial charge is 0.318 e. The predicted octanol–water partition coefficient (Wildman–Crippen LogP) is 4.41. The molecule has 0 saturated heterocycles. The number of aldehydes is 2. The van der Waals surface area contributed by atoms with E-state index in [0.717, 1.165) is 43.9 Å². The Labute approximate surface area is 191 Å². The molecule has 0 aliphatic carbocycles. The fourth-order valence-electron chi connectivity index (χ4n) is 3.11. The molecular weight excluding hydrogens is 410 g/mol. The number of halogens is 1. The molecule has 0 amide bonds. The SMILES string of the molecule is CNCC(C(=N)c1ccc(Cl)cc1)N(C)CCCC=O.O=CCCCc1ccccc1. The molecule has 0 spiro atoms. The van der Waals surface area contributed by atoms with E-state index in [-0.39, 0.29) is 6.04 Å². The van der Waals surface area contributed by atoms with Crippen molar-refractivity contribution in [2.45, 2.75) is 38.1 Å². The van der Waals surface area contributed by atoms with Gasteiger partial charge in [-0.2, -0.15) is 0 Å². The van der Waals surface area contributed by atoms with E-state index in [1.807, 2.05) is 44.4 Å². The maximum Gasteiger partial charge on any atom is 0.120 e. The van der Waals surface area contributed by atoms with Crippen molar-refractivity contribution in [1.29, 1.82) is 5.41 Å². The van der Waals surface area contributed by atoms with Gasteiger partial charge in [-0.15, -0.1) is 0 Å². The van der Waals surface area contributed by atoms with Crippen LogP contribution in [0.2, 0.25) is 5.02 Å². The zero-order valence-electron chi connectivity index (χ0n) is 18.5. The Morgan fingerprint density at radius 2 is 1.65 bits per heavy atom. The molecule has 0 heterocycles. The van der Waals surface area contributed by atoms with Crippen LogP contribution in [0.1, 0.15) is 36.8 Å². The van der Waals surface area contributed by atoms with Gasteiger partial charge in [0.05, 0.1) is 11.8 Å². The Morgan fingerprint density at radius 1 is 1.03 bits per heavy atom. The van der Waals surface area contributed by atoms with E-state index in [9.17, 15) is 9.59 Å². The molecule has 0 bridgehead atoms. The van der Waals surface area contributed by atoms with Gasteiger partial charge in [0.1, 0.15) is 12.6 Å². The molecule has 0 aliphatic heterocycles. The van der Waals surface area contributed by atoms with Gasteiger partial charge in [0.25, 0.3) is 0 Å².